The summed E-state index contributed by atoms with van der Waals surface area (Å²) in [4.78, 5) is 27.7. The summed E-state index contributed by atoms with van der Waals surface area (Å²) < 4.78 is 12.9. The quantitative estimate of drug-likeness (QED) is 0.852. The van der Waals surface area contributed by atoms with Gasteiger partial charge in [-0.05, 0) is 31.5 Å². The minimum Gasteiger partial charge on any atom is -0.343 e. The summed E-state index contributed by atoms with van der Waals surface area (Å²) in [6.45, 7) is 4.76. The summed E-state index contributed by atoms with van der Waals surface area (Å²) in [5.41, 5.74) is 0.870. The van der Waals surface area contributed by atoms with Crippen molar-refractivity contribution in [2.24, 2.45) is 5.92 Å². The fourth-order valence-corrected chi connectivity index (χ4v) is 2.44. The van der Waals surface area contributed by atoms with Crippen LogP contribution in [0, 0.1) is 11.7 Å². The lowest BCUT2D eigenvalue weighted by Crippen LogP contribution is -2.38. The Morgan fingerprint density at radius 3 is 2.57 bits per heavy atom. The molecule has 1 aromatic carbocycles. The number of halogens is 1. The molecule has 0 saturated carbocycles. The number of nitrogens with zero attached hydrogens (tertiary/aromatic N) is 2. The standard InChI is InChI=1S/C16H21FN2O2/c1-11(2)18(3)16(21)13-8-15(20)19(10-13)9-12-4-6-14(17)7-5-12/h4-7,11,13H,8-10H2,1-3H3. The second kappa shape index (κ2) is 6.24. The van der Waals surface area contributed by atoms with E-state index in [0.29, 0.717) is 13.1 Å². The van der Waals surface area contributed by atoms with Crippen LogP contribution in [0.15, 0.2) is 24.3 Å². The Bertz CT molecular complexity index is 528. The van der Waals surface area contributed by atoms with Gasteiger partial charge in [0.15, 0.2) is 0 Å². The number of hydrogen-bond donors (Lipinski definition) is 0. The lowest BCUT2D eigenvalue weighted by Gasteiger charge is -2.24. The molecule has 5 heteroatoms. The van der Waals surface area contributed by atoms with Crippen LogP contribution in [0.25, 0.3) is 0 Å². The van der Waals surface area contributed by atoms with E-state index in [-0.39, 0.29) is 36.0 Å². The van der Waals surface area contributed by atoms with Crippen LogP contribution in [0.4, 0.5) is 4.39 Å². The molecule has 114 valence electrons. The van der Waals surface area contributed by atoms with Gasteiger partial charge >= 0.3 is 0 Å². The molecule has 1 heterocycles. The zero-order chi connectivity index (χ0) is 15.6. The summed E-state index contributed by atoms with van der Waals surface area (Å²) >= 11 is 0. The highest BCUT2D eigenvalue weighted by Gasteiger charge is 2.36. The first-order chi connectivity index (χ1) is 9.88. The van der Waals surface area contributed by atoms with Gasteiger partial charge in [0.1, 0.15) is 5.82 Å². The Morgan fingerprint density at radius 1 is 1.38 bits per heavy atom. The molecule has 1 unspecified atom stereocenters. The van der Waals surface area contributed by atoms with E-state index in [4.69, 9.17) is 0 Å². The summed E-state index contributed by atoms with van der Waals surface area (Å²) in [6, 6.07) is 6.21. The minimum absolute atomic E-state index is 0.0138. The molecule has 0 bridgehead atoms. The van der Waals surface area contributed by atoms with Gasteiger partial charge in [-0.1, -0.05) is 12.1 Å². The first kappa shape index (κ1) is 15.5. The number of rotatable bonds is 4. The lowest BCUT2D eigenvalue weighted by molar-refractivity contribution is -0.136. The second-order valence-corrected chi connectivity index (χ2v) is 5.84. The molecule has 2 rings (SSSR count). The van der Waals surface area contributed by atoms with Crippen molar-refractivity contribution in [1.29, 1.82) is 0 Å². The molecule has 1 aliphatic heterocycles. The molecular weight excluding hydrogens is 271 g/mol. The van der Waals surface area contributed by atoms with E-state index >= 15 is 0 Å². The third kappa shape index (κ3) is 3.60. The second-order valence-electron chi connectivity index (χ2n) is 5.84. The average Bonchev–Trinajstić information content (AvgIpc) is 2.81. The van der Waals surface area contributed by atoms with Gasteiger partial charge in [0.05, 0.1) is 5.92 Å². The van der Waals surface area contributed by atoms with E-state index in [1.165, 1.54) is 12.1 Å². The maximum atomic E-state index is 12.9. The number of carbonyl (C=O) groups excluding carboxylic acids is 2. The van der Waals surface area contributed by atoms with Crippen LogP contribution in [0.5, 0.6) is 0 Å². The molecule has 1 aliphatic rings. The van der Waals surface area contributed by atoms with Crippen LogP contribution in [-0.4, -0.2) is 41.2 Å². The summed E-state index contributed by atoms with van der Waals surface area (Å²) in [5, 5.41) is 0. The highest BCUT2D eigenvalue weighted by Crippen LogP contribution is 2.22. The van der Waals surface area contributed by atoms with Gasteiger partial charge in [0, 0.05) is 32.6 Å². The van der Waals surface area contributed by atoms with Gasteiger partial charge in [-0.2, -0.15) is 0 Å². The first-order valence-corrected chi connectivity index (χ1v) is 7.17. The van der Waals surface area contributed by atoms with Crippen molar-refractivity contribution < 1.29 is 14.0 Å². The summed E-state index contributed by atoms with van der Waals surface area (Å²) in [5.74, 6) is -0.571. The van der Waals surface area contributed by atoms with Crippen molar-refractivity contribution in [2.45, 2.75) is 32.9 Å². The molecule has 0 aliphatic carbocycles. The Kier molecular flexibility index (Phi) is 4.60. The number of carbonyl (C=O) groups is 2. The SMILES string of the molecule is CC(C)N(C)C(=O)C1CC(=O)N(Cc2ccc(F)cc2)C1. The van der Waals surface area contributed by atoms with Gasteiger partial charge < -0.3 is 9.80 Å². The van der Waals surface area contributed by atoms with Crippen LogP contribution in [0.3, 0.4) is 0 Å². The van der Waals surface area contributed by atoms with E-state index in [9.17, 15) is 14.0 Å². The van der Waals surface area contributed by atoms with Crippen LogP contribution in [0.1, 0.15) is 25.8 Å². The van der Waals surface area contributed by atoms with E-state index in [1.54, 1.807) is 29.0 Å². The minimum atomic E-state index is -0.293. The largest absolute Gasteiger partial charge is 0.343 e. The molecule has 1 atom stereocenters. The van der Waals surface area contributed by atoms with Crippen molar-refractivity contribution in [3.63, 3.8) is 0 Å². The molecule has 0 spiro atoms. The number of hydrogen-bond acceptors (Lipinski definition) is 2. The summed E-state index contributed by atoms with van der Waals surface area (Å²) in [6.07, 6.45) is 0.261. The normalized spacial score (nSPS) is 18.4. The van der Waals surface area contributed by atoms with Gasteiger partial charge in [0.25, 0.3) is 0 Å². The van der Waals surface area contributed by atoms with E-state index < -0.39 is 0 Å². The van der Waals surface area contributed by atoms with E-state index in [2.05, 4.69) is 0 Å². The fraction of sp³-hybridized carbons (Fsp3) is 0.500. The Hall–Kier alpha value is -1.91. The molecule has 0 aromatic heterocycles. The van der Waals surface area contributed by atoms with Crippen LogP contribution >= 0.6 is 0 Å². The van der Waals surface area contributed by atoms with Gasteiger partial charge in [-0.25, -0.2) is 4.39 Å². The maximum absolute atomic E-state index is 12.9. The predicted molar refractivity (Wildman–Crippen MR) is 77.8 cm³/mol. The topological polar surface area (TPSA) is 40.6 Å². The van der Waals surface area contributed by atoms with Gasteiger partial charge in [-0.15, -0.1) is 0 Å². The third-order valence-electron chi connectivity index (χ3n) is 3.97. The van der Waals surface area contributed by atoms with Crippen LogP contribution in [-0.2, 0) is 16.1 Å². The highest BCUT2D eigenvalue weighted by molar-refractivity contribution is 5.89. The molecule has 1 saturated heterocycles. The molecular formula is C16H21FN2O2. The van der Waals surface area contributed by atoms with Crippen LogP contribution in [0.2, 0.25) is 0 Å². The summed E-state index contributed by atoms with van der Waals surface area (Å²) in [7, 11) is 1.76. The zero-order valence-corrected chi connectivity index (χ0v) is 12.7. The van der Waals surface area contributed by atoms with E-state index in [1.807, 2.05) is 13.8 Å². The zero-order valence-electron chi connectivity index (χ0n) is 12.7. The van der Waals surface area contributed by atoms with Gasteiger partial charge in [0.2, 0.25) is 11.8 Å². The van der Waals surface area contributed by atoms with Crippen molar-refractivity contribution >= 4 is 11.8 Å². The predicted octanol–water partition coefficient (Wildman–Crippen LogP) is 2.04. The highest BCUT2D eigenvalue weighted by atomic mass is 19.1. The Morgan fingerprint density at radius 2 is 2.00 bits per heavy atom. The fourth-order valence-electron chi connectivity index (χ4n) is 2.44. The van der Waals surface area contributed by atoms with Crippen molar-refractivity contribution in [2.75, 3.05) is 13.6 Å². The molecule has 1 aromatic rings. The Labute approximate surface area is 124 Å². The smallest absolute Gasteiger partial charge is 0.227 e. The lowest BCUT2D eigenvalue weighted by atomic mass is 10.1. The third-order valence-corrected chi connectivity index (χ3v) is 3.97. The molecule has 0 N–H and O–H groups in total. The van der Waals surface area contributed by atoms with Crippen LogP contribution < -0.4 is 0 Å². The van der Waals surface area contributed by atoms with E-state index in [0.717, 1.165) is 5.56 Å². The van der Waals surface area contributed by atoms with Crippen molar-refractivity contribution in [3.8, 4) is 0 Å². The maximum Gasteiger partial charge on any atom is 0.227 e. The average molecular weight is 292 g/mol. The molecule has 21 heavy (non-hydrogen) atoms. The molecule has 4 nitrogen and oxygen atoms in total. The van der Waals surface area contributed by atoms with Crippen molar-refractivity contribution in [1.82, 2.24) is 9.80 Å². The molecule has 2 amide bonds. The number of benzene rings is 1. The number of likely N-dealkylation sites (tertiary alicyclic amines) is 1. The van der Waals surface area contributed by atoms with Crippen molar-refractivity contribution in [3.05, 3.63) is 35.6 Å². The molecule has 0 radical (unpaired) electrons. The Balaban J connectivity index is 1.99. The first-order valence-electron chi connectivity index (χ1n) is 7.17. The number of amides is 2. The molecule has 1 fully saturated rings. The monoisotopic (exact) mass is 292 g/mol. The van der Waals surface area contributed by atoms with Gasteiger partial charge in [-0.3, -0.25) is 9.59 Å².